The zero-order valence-corrected chi connectivity index (χ0v) is 7.16. The van der Waals surface area contributed by atoms with Gasteiger partial charge in [0.25, 0.3) is 0 Å². The van der Waals surface area contributed by atoms with Crippen molar-refractivity contribution in [3.63, 3.8) is 0 Å². The number of carbonyl (C=O) groups is 1. The van der Waals surface area contributed by atoms with Crippen LogP contribution in [0.4, 0.5) is 0 Å². The molecule has 68 valence electrons. The molecule has 0 saturated carbocycles. The predicted octanol–water partition coefficient (Wildman–Crippen LogP) is 0.495. The highest BCUT2D eigenvalue weighted by molar-refractivity contribution is 5.86. The van der Waals surface area contributed by atoms with Crippen molar-refractivity contribution in [1.82, 2.24) is 0 Å². The maximum atomic E-state index is 11.5. The van der Waals surface area contributed by atoms with Crippen LogP contribution in [0.25, 0.3) is 0 Å². The van der Waals surface area contributed by atoms with Crippen LogP contribution < -0.4 is 5.73 Å². The molecule has 0 amide bonds. The number of rotatable bonds is 4. The van der Waals surface area contributed by atoms with E-state index in [4.69, 9.17) is 10.5 Å². The van der Waals surface area contributed by atoms with Crippen LogP contribution in [0.1, 0.15) is 12.8 Å². The number of nitrogens with two attached hydrogens (primary N) is 1. The Labute approximate surface area is 72.6 Å². The second kappa shape index (κ2) is 4.38. The molecule has 0 radical (unpaired) electrons. The van der Waals surface area contributed by atoms with Crippen LogP contribution in [-0.2, 0) is 9.53 Å². The highest BCUT2D eigenvalue weighted by Gasteiger charge is 2.26. The molecule has 1 aliphatic heterocycles. The molecule has 12 heavy (non-hydrogen) atoms. The number of hydrogen-bond donors (Lipinski definition) is 1. The van der Waals surface area contributed by atoms with Crippen molar-refractivity contribution in [2.45, 2.75) is 18.9 Å². The minimum Gasteiger partial charge on any atom is -0.381 e. The van der Waals surface area contributed by atoms with Gasteiger partial charge in [0.15, 0.2) is 5.78 Å². The maximum Gasteiger partial charge on any atom is 0.155 e. The molecule has 1 rings (SSSR count). The Kier molecular flexibility index (Phi) is 3.44. The first-order chi connectivity index (χ1) is 5.75. The van der Waals surface area contributed by atoms with Gasteiger partial charge in [-0.1, -0.05) is 6.08 Å². The van der Waals surface area contributed by atoms with Gasteiger partial charge in [0.1, 0.15) is 0 Å². The smallest absolute Gasteiger partial charge is 0.155 e. The first kappa shape index (κ1) is 9.42. The number of carbonyl (C=O) groups excluding carboxylic acids is 1. The van der Waals surface area contributed by atoms with Crippen molar-refractivity contribution < 1.29 is 9.53 Å². The van der Waals surface area contributed by atoms with Crippen molar-refractivity contribution >= 4 is 5.78 Å². The average molecular weight is 169 g/mol. The monoisotopic (exact) mass is 169 g/mol. The Hall–Kier alpha value is -0.670. The molecule has 1 fully saturated rings. The Morgan fingerprint density at radius 2 is 2.58 bits per heavy atom. The largest absolute Gasteiger partial charge is 0.381 e. The van der Waals surface area contributed by atoms with Gasteiger partial charge in [-0.25, -0.2) is 0 Å². The van der Waals surface area contributed by atoms with Gasteiger partial charge in [0, 0.05) is 12.5 Å². The number of ether oxygens (including phenoxy) is 1. The summed E-state index contributed by atoms with van der Waals surface area (Å²) < 4.78 is 5.10. The molecule has 0 bridgehead atoms. The molecule has 0 aromatic rings. The molecular weight excluding hydrogens is 154 g/mol. The predicted molar refractivity (Wildman–Crippen MR) is 46.7 cm³/mol. The average Bonchev–Trinajstić information content (AvgIpc) is 2.55. The lowest BCUT2D eigenvalue weighted by Gasteiger charge is -2.11. The normalized spacial score (nSPS) is 25.2. The Bertz CT molecular complexity index is 173. The van der Waals surface area contributed by atoms with E-state index < -0.39 is 0 Å². The van der Waals surface area contributed by atoms with E-state index in [0.717, 1.165) is 6.42 Å². The lowest BCUT2D eigenvalue weighted by molar-refractivity contribution is -0.124. The fourth-order valence-electron chi connectivity index (χ4n) is 1.36. The topological polar surface area (TPSA) is 52.3 Å². The minimum absolute atomic E-state index is 0.0277. The number of ketones is 1. The van der Waals surface area contributed by atoms with Crippen LogP contribution in [0.15, 0.2) is 12.7 Å². The van der Waals surface area contributed by atoms with Crippen molar-refractivity contribution in [3.8, 4) is 0 Å². The van der Waals surface area contributed by atoms with Gasteiger partial charge in [0.05, 0.1) is 12.6 Å². The lowest BCUT2D eigenvalue weighted by atomic mass is 9.96. The van der Waals surface area contributed by atoms with Gasteiger partial charge in [-0.3, -0.25) is 4.79 Å². The van der Waals surface area contributed by atoms with E-state index in [1.807, 2.05) is 0 Å². The highest BCUT2D eigenvalue weighted by atomic mass is 16.5. The second-order valence-corrected chi connectivity index (χ2v) is 3.09. The summed E-state index contributed by atoms with van der Waals surface area (Å²) in [5.41, 5.74) is 5.63. The fourth-order valence-corrected chi connectivity index (χ4v) is 1.36. The van der Waals surface area contributed by atoms with Crippen LogP contribution in [0.3, 0.4) is 0 Å². The summed E-state index contributed by atoms with van der Waals surface area (Å²) >= 11 is 0. The van der Waals surface area contributed by atoms with E-state index in [0.29, 0.717) is 19.6 Å². The molecule has 0 aromatic carbocycles. The van der Waals surface area contributed by atoms with Crippen molar-refractivity contribution in [1.29, 1.82) is 0 Å². The Morgan fingerprint density at radius 3 is 3.08 bits per heavy atom. The van der Waals surface area contributed by atoms with Gasteiger partial charge in [-0.15, -0.1) is 6.58 Å². The second-order valence-electron chi connectivity index (χ2n) is 3.09. The van der Waals surface area contributed by atoms with E-state index in [-0.39, 0.29) is 17.7 Å². The van der Waals surface area contributed by atoms with Crippen molar-refractivity contribution in [2.24, 2.45) is 11.7 Å². The van der Waals surface area contributed by atoms with Crippen LogP contribution in [-0.4, -0.2) is 25.0 Å². The van der Waals surface area contributed by atoms with Gasteiger partial charge < -0.3 is 10.5 Å². The Balaban J connectivity index is 2.39. The molecule has 1 aliphatic rings. The van der Waals surface area contributed by atoms with Crippen molar-refractivity contribution in [2.75, 3.05) is 13.2 Å². The summed E-state index contributed by atoms with van der Waals surface area (Å²) in [5.74, 6) is 0.146. The summed E-state index contributed by atoms with van der Waals surface area (Å²) in [6, 6.07) is -0.380. The molecule has 0 aliphatic carbocycles. The summed E-state index contributed by atoms with van der Waals surface area (Å²) in [4.78, 5) is 11.5. The third kappa shape index (κ3) is 2.16. The summed E-state index contributed by atoms with van der Waals surface area (Å²) in [6.07, 6.45) is 3.07. The molecule has 1 saturated heterocycles. The van der Waals surface area contributed by atoms with Crippen LogP contribution >= 0.6 is 0 Å². The minimum atomic E-state index is -0.380. The van der Waals surface area contributed by atoms with E-state index >= 15 is 0 Å². The molecule has 2 unspecified atom stereocenters. The fraction of sp³-hybridized carbons (Fsp3) is 0.667. The third-order valence-corrected chi connectivity index (χ3v) is 2.12. The standard InChI is InChI=1S/C9H15NO2/c1-2-3-8(10)9(11)7-4-5-12-6-7/h2,7-8H,1,3-6,10H2. The zero-order valence-electron chi connectivity index (χ0n) is 7.16. The highest BCUT2D eigenvalue weighted by Crippen LogP contribution is 2.15. The van der Waals surface area contributed by atoms with Gasteiger partial charge in [0.2, 0.25) is 0 Å². The number of hydrogen-bond acceptors (Lipinski definition) is 3. The van der Waals surface area contributed by atoms with Gasteiger partial charge >= 0.3 is 0 Å². The summed E-state index contributed by atoms with van der Waals surface area (Å²) in [5, 5.41) is 0. The van der Waals surface area contributed by atoms with Crippen LogP contribution in [0.5, 0.6) is 0 Å². The van der Waals surface area contributed by atoms with Gasteiger partial charge in [-0.05, 0) is 12.8 Å². The maximum absolute atomic E-state index is 11.5. The SMILES string of the molecule is C=CCC(N)C(=O)C1CCOC1. The lowest BCUT2D eigenvalue weighted by Crippen LogP contribution is -2.35. The van der Waals surface area contributed by atoms with E-state index in [1.165, 1.54) is 0 Å². The van der Waals surface area contributed by atoms with Crippen LogP contribution in [0, 0.1) is 5.92 Å². The first-order valence-electron chi connectivity index (χ1n) is 4.23. The number of Topliss-reactive ketones (excluding diaryl/α,β-unsaturated/α-hetero) is 1. The molecule has 1 heterocycles. The molecule has 3 heteroatoms. The quantitative estimate of drug-likeness (QED) is 0.623. The molecular formula is C9H15NO2. The first-order valence-corrected chi connectivity index (χ1v) is 4.23. The van der Waals surface area contributed by atoms with Crippen molar-refractivity contribution in [3.05, 3.63) is 12.7 Å². The molecule has 0 spiro atoms. The van der Waals surface area contributed by atoms with Crippen LogP contribution in [0.2, 0.25) is 0 Å². The third-order valence-electron chi connectivity index (χ3n) is 2.12. The zero-order chi connectivity index (χ0) is 8.97. The summed E-state index contributed by atoms with van der Waals surface area (Å²) in [7, 11) is 0. The van der Waals surface area contributed by atoms with E-state index in [2.05, 4.69) is 6.58 Å². The Morgan fingerprint density at radius 1 is 1.83 bits per heavy atom. The molecule has 2 atom stereocenters. The molecule has 3 nitrogen and oxygen atoms in total. The molecule has 2 N–H and O–H groups in total. The van der Waals surface area contributed by atoms with E-state index in [9.17, 15) is 4.79 Å². The van der Waals surface area contributed by atoms with E-state index in [1.54, 1.807) is 6.08 Å². The summed E-state index contributed by atoms with van der Waals surface area (Å²) in [6.45, 7) is 4.78. The molecule has 0 aromatic heterocycles. The van der Waals surface area contributed by atoms with Gasteiger partial charge in [-0.2, -0.15) is 0 Å².